The van der Waals surface area contributed by atoms with Gasteiger partial charge in [-0.15, -0.1) is 0 Å². The molecule has 0 amide bonds. The van der Waals surface area contributed by atoms with Crippen LogP contribution in [-0.2, 0) is 0 Å². The van der Waals surface area contributed by atoms with Gasteiger partial charge in [0.1, 0.15) is 0 Å². The van der Waals surface area contributed by atoms with Gasteiger partial charge in [0.05, 0.1) is 6.10 Å². The predicted molar refractivity (Wildman–Crippen MR) is 67.8 cm³/mol. The first-order chi connectivity index (χ1) is 8.20. The number of halogens is 1. The molecular weight excluding hydrogens is 215 g/mol. The van der Waals surface area contributed by atoms with Crippen molar-refractivity contribution in [3.8, 4) is 5.75 Å². The van der Waals surface area contributed by atoms with Crippen LogP contribution in [-0.4, -0.2) is 6.10 Å². The molecule has 2 rings (SSSR count). The number of benzene rings is 1. The first-order valence-electron chi connectivity index (χ1n) is 6.62. The van der Waals surface area contributed by atoms with Crippen molar-refractivity contribution in [3.63, 3.8) is 0 Å². The summed E-state index contributed by atoms with van der Waals surface area (Å²) >= 11 is 0. The average Bonchev–Trinajstić information content (AvgIpc) is 2.35. The van der Waals surface area contributed by atoms with Crippen LogP contribution in [0.5, 0.6) is 5.75 Å². The lowest BCUT2D eigenvalue weighted by Crippen LogP contribution is -2.25. The van der Waals surface area contributed by atoms with Crippen molar-refractivity contribution >= 4 is 0 Å². The molecular formula is C15H21FO. The lowest BCUT2D eigenvalue weighted by molar-refractivity contribution is 0.117. The Morgan fingerprint density at radius 3 is 2.94 bits per heavy atom. The van der Waals surface area contributed by atoms with Gasteiger partial charge in [-0.1, -0.05) is 31.9 Å². The van der Waals surface area contributed by atoms with Crippen LogP contribution >= 0.6 is 0 Å². The molecule has 2 heteroatoms. The van der Waals surface area contributed by atoms with Crippen molar-refractivity contribution in [2.75, 3.05) is 0 Å². The van der Waals surface area contributed by atoms with E-state index in [1.165, 1.54) is 19.3 Å². The highest BCUT2D eigenvalue weighted by molar-refractivity contribution is 5.30. The van der Waals surface area contributed by atoms with Gasteiger partial charge in [-0.25, -0.2) is 4.39 Å². The Hall–Kier alpha value is -1.05. The standard InChI is InChI=1S/C15H21FO/c1-3-12-7-5-8-13(10-12)17-14-9-4-6-11(2)15(14)16/h4,6,9,12-13H,3,5,7-8,10H2,1-2H3. The Kier molecular flexibility index (Phi) is 4.03. The summed E-state index contributed by atoms with van der Waals surface area (Å²) in [6.45, 7) is 4.00. The molecule has 0 heterocycles. The fraction of sp³-hybridized carbons (Fsp3) is 0.600. The van der Waals surface area contributed by atoms with Crippen LogP contribution in [0.1, 0.15) is 44.6 Å². The third-order valence-corrected chi connectivity index (χ3v) is 3.76. The highest BCUT2D eigenvalue weighted by Gasteiger charge is 2.23. The molecule has 1 aromatic carbocycles. The maximum atomic E-state index is 13.8. The largest absolute Gasteiger partial charge is 0.487 e. The molecule has 1 nitrogen and oxygen atoms in total. The van der Waals surface area contributed by atoms with Gasteiger partial charge < -0.3 is 4.74 Å². The van der Waals surface area contributed by atoms with E-state index in [1.807, 2.05) is 6.07 Å². The molecule has 1 aliphatic carbocycles. The first-order valence-corrected chi connectivity index (χ1v) is 6.62. The molecule has 2 unspecified atom stereocenters. The van der Waals surface area contributed by atoms with E-state index in [0.29, 0.717) is 11.3 Å². The Morgan fingerprint density at radius 2 is 2.18 bits per heavy atom. The van der Waals surface area contributed by atoms with Crippen LogP contribution in [0, 0.1) is 18.7 Å². The molecule has 1 fully saturated rings. The predicted octanol–water partition coefficient (Wildman–Crippen LogP) is 4.48. The van der Waals surface area contributed by atoms with E-state index in [9.17, 15) is 4.39 Å². The smallest absolute Gasteiger partial charge is 0.167 e. The monoisotopic (exact) mass is 236 g/mol. The molecule has 0 spiro atoms. The number of ether oxygens (including phenoxy) is 1. The van der Waals surface area contributed by atoms with Crippen molar-refractivity contribution in [2.24, 2.45) is 5.92 Å². The van der Waals surface area contributed by atoms with E-state index < -0.39 is 0 Å². The molecule has 2 atom stereocenters. The van der Waals surface area contributed by atoms with E-state index in [2.05, 4.69) is 6.92 Å². The van der Waals surface area contributed by atoms with Crippen molar-refractivity contribution in [1.29, 1.82) is 0 Å². The highest BCUT2D eigenvalue weighted by Crippen LogP contribution is 2.30. The summed E-state index contributed by atoms with van der Waals surface area (Å²) in [5.41, 5.74) is 0.658. The lowest BCUT2D eigenvalue weighted by Gasteiger charge is -2.29. The van der Waals surface area contributed by atoms with Gasteiger partial charge in [0.15, 0.2) is 11.6 Å². The lowest BCUT2D eigenvalue weighted by atomic mass is 9.85. The number of rotatable bonds is 3. The zero-order chi connectivity index (χ0) is 12.3. The van der Waals surface area contributed by atoms with E-state index in [4.69, 9.17) is 4.74 Å². The molecule has 0 aromatic heterocycles. The zero-order valence-corrected chi connectivity index (χ0v) is 10.7. The maximum Gasteiger partial charge on any atom is 0.167 e. The van der Waals surface area contributed by atoms with Gasteiger partial charge in [0.25, 0.3) is 0 Å². The summed E-state index contributed by atoms with van der Waals surface area (Å²) in [5, 5.41) is 0. The summed E-state index contributed by atoms with van der Waals surface area (Å²) in [4.78, 5) is 0. The van der Waals surface area contributed by atoms with Crippen molar-refractivity contribution in [2.45, 2.75) is 52.1 Å². The third-order valence-electron chi connectivity index (χ3n) is 3.76. The van der Waals surface area contributed by atoms with Crippen LogP contribution in [0.15, 0.2) is 18.2 Å². The van der Waals surface area contributed by atoms with Gasteiger partial charge in [0, 0.05) is 0 Å². The minimum atomic E-state index is -0.203. The van der Waals surface area contributed by atoms with E-state index in [-0.39, 0.29) is 11.9 Å². The second kappa shape index (κ2) is 5.52. The molecule has 17 heavy (non-hydrogen) atoms. The molecule has 0 radical (unpaired) electrons. The average molecular weight is 236 g/mol. The van der Waals surface area contributed by atoms with Crippen LogP contribution in [0.25, 0.3) is 0 Å². The zero-order valence-electron chi connectivity index (χ0n) is 10.7. The molecule has 1 saturated carbocycles. The Balaban J connectivity index is 2.02. The SMILES string of the molecule is CCC1CCCC(Oc2cccc(C)c2F)C1. The van der Waals surface area contributed by atoms with Gasteiger partial charge in [-0.05, 0) is 43.7 Å². The van der Waals surface area contributed by atoms with Gasteiger partial charge in [-0.3, -0.25) is 0 Å². The van der Waals surface area contributed by atoms with Gasteiger partial charge in [0.2, 0.25) is 0 Å². The Bertz CT molecular complexity index is 375. The minimum absolute atomic E-state index is 0.199. The Labute approximate surface area is 103 Å². The topological polar surface area (TPSA) is 9.23 Å². The third kappa shape index (κ3) is 2.99. The summed E-state index contributed by atoms with van der Waals surface area (Å²) in [7, 11) is 0. The molecule has 0 N–H and O–H groups in total. The quantitative estimate of drug-likeness (QED) is 0.751. The highest BCUT2D eigenvalue weighted by atomic mass is 19.1. The second-order valence-electron chi connectivity index (χ2n) is 5.07. The summed E-state index contributed by atoms with van der Waals surface area (Å²) in [6.07, 6.45) is 6.04. The number of hydrogen-bond donors (Lipinski definition) is 0. The molecule has 94 valence electrons. The van der Waals surface area contributed by atoms with Crippen LogP contribution in [0.3, 0.4) is 0 Å². The first kappa shape index (κ1) is 12.4. The number of hydrogen-bond acceptors (Lipinski definition) is 1. The Morgan fingerprint density at radius 1 is 1.35 bits per heavy atom. The van der Waals surface area contributed by atoms with Crippen LogP contribution < -0.4 is 4.74 Å². The van der Waals surface area contributed by atoms with E-state index >= 15 is 0 Å². The van der Waals surface area contributed by atoms with Crippen LogP contribution in [0.2, 0.25) is 0 Å². The van der Waals surface area contributed by atoms with Gasteiger partial charge in [-0.2, -0.15) is 0 Å². The van der Waals surface area contributed by atoms with E-state index in [0.717, 1.165) is 18.8 Å². The molecule has 0 saturated heterocycles. The summed E-state index contributed by atoms with van der Waals surface area (Å²) < 4.78 is 19.6. The number of aryl methyl sites for hydroxylation is 1. The summed E-state index contributed by atoms with van der Waals surface area (Å²) in [6, 6.07) is 5.36. The molecule has 1 aromatic rings. The fourth-order valence-corrected chi connectivity index (χ4v) is 2.61. The normalized spacial score (nSPS) is 24.6. The maximum absolute atomic E-state index is 13.8. The van der Waals surface area contributed by atoms with Crippen molar-refractivity contribution in [1.82, 2.24) is 0 Å². The van der Waals surface area contributed by atoms with Crippen molar-refractivity contribution in [3.05, 3.63) is 29.6 Å². The molecule has 0 aliphatic heterocycles. The fourth-order valence-electron chi connectivity index (χ4n) is 2.61. The molecule has 0 bridgehead atoms. The van der Waals surface area contributed by atoms with E-state index in [1.54, 1.807) is 19.1 Å². The van der Waals surface area contributed by atoms with Crippen molar-refractivity contribution < 1.29 is 9.13 Å². The molecule has 1 aliphatic rings. The van der Waals surface area contributed by atoms with Gasteiger partial charge >= 0.3 is 0 Å². The summed E-state index contributed by atoms with van der Waals surface area (Å²) in [5.74, 6) is 0.972. The second-order valence-corrected chi connectivity index (χ2v) is 5.07. The van der Waals surface area contributed by atoms with Crippen LogP contribution in [0.4, 0.5) is 4.39 Å². The minimum Gasteiger partial charge on any atom is -0.487 e.